The highest BCUT2D eigenvalue weighted by Gasteiger charge is 2.33. The maximum atomic E-state index is 13.4. The summed E-state index contributed by atoms with van der Waals surface area (Å²) in [5.41, 5.74) is 9.21. The molecule has 4 nitrogen and oxygen atoms in total. The normalized spacial score (nSPS) is 21.6. The van der Waals surface area contributed by atoms with Crippen molar-refractivity contribution in [2.45, 2.75) is 18.3 Å². The van der Waals surface area contributed by atoms with Gasteiger partial charge < -0.3 is 4.90 Å². The van der Waals surface area contributed by atoms with Gasteiger partial charge in [-0.1, -0.05) is 24.3 Å². The van der Waals surface area contributed by atoms with Crippen molar-refractivity contribution in [2.75, 3.05) is 24.5 Å². The van der Waals surface area contributed by atoms with Gasteiger partial charge in [-0.15, -0.1) is 0 Å². The number of benzene rings is 2. The minimum Gasteiger partial charge on any atom is -0.312 e. The number of nitrogens with one attached hydrogen (secondary N) is 2. The molecule has 1 unspecified atom stereocenters. The van der Waals surface area contributed by atoms with Crippen LogP contribution in [0.2, 0.25) is 0 Å². The van der Waals surface area contributed by atoms with E-state index in [1.807, 2.05) is 23.1 Å². The molecule has 5 heteroatoms. The molecular weight excluding hydrogens is 305 g/mol. The average Bonchev–Trinajstić information content (AvgIpc) is 3.25. The van der Waals surface area contributed by atoms with Crippen molar-refractivity contribution in [3.8, 4) is 0 Å². The standard InChI is InChI=1S/C19H20FN3O/c20-16-3-1-2-14(10-16)18-8-9-23(19(18)24)17-6-4-13(5-7-17)15-11-21-22-12-15/h1-7,10,15,18,21-22H,8-9,11-12H2. The van der Waals surface area contributed by atoms with Crippen LogP contribution in [0.4, 0.5) is 10.1 Å². The number of anilines is 1. The number of carbonyl (C=O) groups is 1. The number of amides is 1. The molecule has 2 aliphatic rings. The molecular formula is C19H20FN3O. The fourth-order valence-electron chi connectivity index (χ4n) is 3.59. The first kappa shape index (κ1) is 15.3. The number of nitrogens with zero attached hydrogens (tertiary/aromatic N) is 1. The molecule has 2 fully saturated rings. The number of carbonyl (C=O) groups excluding carboxylic acids is 1. The first-order valence-corrected chi connectivity index (χ1v) is 8.35. The molecule has 0 radical (unpaired) electrons. The predicted molar refractivity (Wildman–Crippen MR) is 91.3 cm³/mol. The van der Waals surface area contributed by atoms with Crippen molar-refractivity contribution in [3.05, 3.63) is 65.5 Å². The zero-order chi connectivity index (χ0) is 16.5. The van der Waals surface area contributed by atoms with Crippen molar-refractivity contribution >= 4 is 11.6 Å². The molecule has 0 saturated carbocycles. The molecule has 0 aliphatic carbocycles. The summed E-state index contributed by atoms with van der Waals surface area (Å²) in [4.78, 5) is 14.6. The van der Waals surface area contributed by atoms with Gasteiger partial charge in [-0.3, -0.25) is 15.6 Å². The number of hydrazine groups is 1. The van der Waals surface area contributed by atoms with E-state index >= 15 is 0 Å². The minimum absolute atomic E-state index is 0.0533. The molecule has 0 spiro atoms. The summed E-state index contributed by atoms with van der Waals surface area (Å²) in [6.45, 7) is 2.51. The lowest BCUT2D eigenvalue weighted by Gasteiger charge is -2.18. The van der Waals surface area contributed by atoms with Gasteiger partial charge in [0.05, 0.1) is 5.92 Å². The maximum absolute atomic E-state index is 13.4. The Morgan fingerprint density at radius 2 is 1.75 bits per heavy atom. The second-order valence-corrected chi connectivity index (χ2v) is 6.44. The third-order valence-corrected chi connectivity index (χ3v) is 4.95. The summed E-state index contributed by atoms with van der Waals surface area (Å²) in [5.74, 6) is -0.0172. The van der Waals surface area contributed by atoms with Gasteiger partial charge in [-0.25, -0.2) is 4.39 Å². The number of halogens is 1. The van der Waals surface area contributed by atoms with E-state index in [-0.39, 0.29) is 17.6 Å². The summed E-state index contributed by atoms with van der Waals surface area (Å²) < 4.78 is 13.4. The summed E-state index contributed by atoms with van der Waals surface area (Å²) in [6.07, 6.45) is 0.723. The smallest absolute Gasteiger partial charge is 0.234 e. The van der Waals surface area contributed by atoms with Crippen LogP contribution in [-0.2, 0) is 4.79 Å². The van der Waals surface area contributed by atoms with E-state index < -0.39 is 0 Å². The van der Waals surface area contributed by atoms with E-state index in [4.69, 9.17) is 0 Å². The van der Waals surface area contributed by atoms with Gasteiger partial charge in [0.1, 0.15) is 5.82 Å². The highest BCUT2D eigenvalue weighted by molar-refractivity contribution is 6.00. The van der Waals surface area contributed by atoms with E-state index in [9.17, 15) is 9.18 Å². The van der Waals surface area contributed by atoms with Crippen LogP contribution >= 0.6 is 0 Å². The Labute approximate surface area is 140 Å². The quantitative estimate of drug-likeness (QED) is 0.911. The molecule has 2 N–H and O–H groups in total. The fourth-order valence-corrected chi connectivity index (χ4v) is 3.59. The van der Waals surface area contributed by atoms with Crippen LogP contribution in [0.25, 0.3) is 0 Å². The molecule has 1 amide bonds. The maximum Gasteiger partial charge on any atom is 0.234 e. The SMILES string of the molecule is O=C1C(c2cccc(F)c2)CCN1c1ccc(C2CNNC2)cc1. The Morgan fingerprint density at radius 1 is 1.00 bits per heavy atom. The van der Waals surface area contributed by atoms with Crippen LogP contribution in [0.1, 0.15) is 29.4 Å². The number of hydrogen-bond donors (Lipinski definition) is 2. The van der Waals surface area contributed by atoms with Gasteiger partial charge >= 0.3 is 0 Å². The first-order valence-electron chi connectivity index (χ1n) is 8.35. The Morgan fingerprint density at radius 3 is 2.46 bits per heavy atom. The molecule has 0 bridgehead atoms. The lowest BCUT2D eigenvalue weighted by molar-refractivity contribution is -0.118. The summed E-state index contributed by atoms with van der Waals surface area (Å²) in [5, 5.41) is 0. The van der Waals surface area contributed by atoms with Crippen LogP contribution in [-0.4, -0.2) is 25.5 Å². The van der Waals surface area contributed by atoms with Gasteiger partial charge in [0.2, 0.25) is 5.91 Å². The molecule has 2 saturated heterocycles. The first-order chi connectivity index (χ1) is 11.7. The van der Waals surface area contributed by atoms with Gasteiger partial charge in [0, 0.05) is 31.2 Å². The summed E-state index contributed by atoms with van der Waals surface area (Å²) in [6, 6.07) is 14.6. The second-order valence-electron chi connectivity index (χ2n) is 6.44. The van der Waals surface area contributed by atoms with Crippen LogP contribution < -0.4 is 15.8 Å². The molecule has 24 heavy (non-hydrogen) atoms. The molecule has 1 atom stereocenters. The molecule has 2 aromatic carbocycles. The minimum atomic E-state index is -0.290. The Kier molecular flexibility index (Phi) is 4.04. The highest BCUT2D eigenvalue weighted by atomic mass is 19.1. The lowest BCUT2D eigenvalue weighted by atomic mass is 9.97. The topological polar surface area (TPSA) is 44.4 Å². The Hall–Kier alpha value is -2.24. The zero-order valence-corrected chi connectivity index (χ0v) is 13.3. The van der Waals surface area contributed by atoms with Crippen molar-refractivity contribution < 1.29 is 9.18 Å². The van der Waals surface area contributed by atoms with Crippen molar-refractivity contribution in [1.82, 2.24) is 10.9 Å². The van der Waals surface area contributed by atoms with Gasteiger partial charge in [-0.2, -0.15) is 0 Å². The van der Waals surface area contributed by atoms with Crippen molar-refractivity contribution in [2.24, 2.45) is 0 Å². The largest absolute Gasteiger partial charge is 0.312 e. The van der Waals surface area contributed by atoms with Gasteiger partial charge in [0.25, 0.3) is 0 Å². The van der Waals surface area contributed by atoms with E-state index in [0.717, 1.165) is 30.8 Å². The fraction of sp³-hybridized carbons (Fsp3) is 0.316. The van der Waals surface area contributed by atoms with Crippen molar-refractivity contribution in [1.29, 1.82) is 0 Å². The van der Waals surface area contributed by atoms with Gasteiger partial charge in [-0.05, 0) is 41.8 Å². The lowest BCUT2D eigenvalue weighted by Crippen LogP contribution is -2.26. The molecule has 2 aliphatic heterocycles. The van der Waals surface area contributed by atoms with Crippen LogP contribution in [0.3, 0.4) is 0 Å². The van der Waals surface area contributed by atoms with E-state index in [1.54, 1.807) is 6.07 Å². The van der Waals surface area contributed by atoms with Gasteiger partial charge in [0.15, 0.2) is 0 Å². The Bertz CT molecular complexity index is 741. The predicted octanol–water partition coefficient (Wildman–Crippen LogP) is 2.54. The summed E-state index contributed by atoms with van der Waals surface area (Å²) >= 11 is 0. The monoisotopic (exact) mass is 325 g/mol. The average molecular weight is 325 g/mol. The third-order valence-electron chi connectivity index (χ3n) is 4.95. The van der Waals surface area contributed by atoms with E-state index in [2.05, 4.69) is 23.0 Å². The molecule has 2 aromatic rings. The molecule has 2 heterocycles. The zero-order valence-electron chi connectivity index (χ0n) is 13.3. The van der Waals surface area contributed by atoms with Crippen LogP contribution in [0, 0.1) is 5.82 Å². The number of rotatable bonds is 3. The Balaban J connectivity index is 1.52. The van der Waals surface area contributed by atoms with Crippen molar-refractivity contribution in [3.63, 3.8) is 0 Å². The highest BCUT2D eigenvalue weighted by Crippen LogP contribution is 2.33. The molecule has 4 rings (SSSR count). The van der Waals surface area contributed by atoms with E-state index in [0.29, 0.717) is 12.5 Å². The van der Waals surface area contributed by atoms with E-state index in [1.165, 1.54) is 17.7 Å². The molecule has 124 valence electrons. The third kappa shape index (κ3) is 2.81. The summed E-state index contributed by atoms with van der Waals surface area (Å²) in [7, 11) is 0. The second kappa shape index (κ2) is 6.34. The van der Waals surface area contributed by atoms with Crippen LogP contribution in [0.15, 0.2) is 48.5 Å². The van der Waals surface area contributed by atoms with Crippen LogP contribution in [0.5, 0.6) is 0 Å². The number of hydrogen-bond acceptors (Lipinski definition) is 3. The molecule has 0 aromatic heterocycles.